The summed E-state index contributed by atoms with van der Waals surface area (Å²) in [5.74, 6) is -0.348. The molecule has 6 heteroatoms. The van der Waals surface area contributed by atoms with E-state index in [0.29, 0.717) is 13.0 Å². The Bertz CT molecular complexity index is 295. The van der Waals surface area contributed by atoms with Gasteiger partial charge in [-0.25, -0.2) is 4.98 Å². The van der Waals surface area contributed by atoms with Gasteiger partial charge in [-0.1, -0.05) is 6.92 Å². The molecule has 0 aliphatic heterocycles. The fourth-order valence-corrected chi connectivity index (χ4v) is 1.14. The van der Waals surface area contributed by atoms with Crippen LogP contribution in [0.3, 0.4) is 0 Å². The normalized spacial score (nSPS) is 14.4. The molecule has 3 nitrogen and oxygen atoms in total. The van der Waals surface area contributed by atoms with Crippen LogP contribution in [0.2, 0.25) is 0 Å². The van der Waals surface area contributed by atoms with Crippen molar-refractivity contribution in [1.82, 2.24) is 9.55 Å². The molecule has 0 unspecified atom stereocenters. The Kier molecular flexibility index (Phi) is 3.15. The zero-order chi connectivity index (χ0) is 10.8. The zero-order valence-corrected chi connectivity index (χ0v) is 7.62. The zero-order valence-electron chi connectivity index (χ0n) is 7.62. The summed E-state index contributed by atoms with van der Waals surface area (Å²) in [5.41, 5.74) is 0. The highest BCUT2D eigenvalue weighted by Crippen LogP contribution is 2.31. The number of imidazole rings is 1. The SMILES string of the molecule is CCCn1ccnc1[C@H](O)C(F)(F)F. The van der Waals surface area contributed by atoms with Crippen molar-refractivity contribution in [2.45, 2.75) is 32.2 Å². The van der Waals surface area contributed by atoms with Crippen molar-refractivity contribution in [3.8, 4) is 0 Å². The lowest BCUT2D eigenvalue weighted by Crippen LogP contribution is -2.23. The van der Waals surface area contributed by atoms with E-state index in [4.69, 9.17) is 5.11 Å². The molecular weight excluding hydrogens is 197 g/mol. The Morgan fingerprint density at radius 2 is 2.21 bits per heavy atom. The molecule has 1 N–H and O–H groups in total. The number of aliphatic hydroxyl groups excluding tert-OH is 1. The van der Waals surface area contributed by atoms with Gasteiger partial charge in [0, 0.05) is 18.9 Å². The molecule has 0 bridgehead atoms. The molecule has 1 heterocycles. The van der Waals surface area contributed by atoms with E-state index >= 15 is 0 Å². The molecule has 1 atom stereocenters. The molecule has 0 radical (unpaired) electrons. The summed E-state index contributed by atoms with van der Waals surface area (Å²) in [6.07, 6.45) is -3.79. The van der Waals surface area contributed by atoms with Crippen LogP contribution in [-0.2, 0) is 6.54 Å². The number of rotatable bonds is 3. The van der Waals surface area contributed by atoms with Gasteiger partial charge in [-0.15, -0.1) is 0 Å². The van der Waals surface area contributed by atoms with E-state index in [1.807, 2.05) is 6.92 Å². The van der Waals surface area contributed by atoms with Crippen molar-refractivity contribution in [3.05, 3.63) is 18.2 Å². The lowest BCUT2D eigenvalue weighted by atomic mass is 10.3. The van der Waals surface area contributed by atoms with Crippen LogP contribution in [0.4, 0.5) is 13.2 Å². The molecule has 0 saturated carbocycles. The number of aliphatic hydroxyl groups is 1. The molecule has 0 spiro atoms. The maximum absolute atomic E-state index is 12.1. The van der Waals surface area contributed by atoms with Crippen molar-refractivity contribution in [3.63, 3.8) is 0 Å². The minimum atomic E-state index is -4.66. The lowest BCUT2D eigenvalue weighted by Gasteiger charge is -2.15. The fraction of sp³-hybridized carbons (Fsp3) is 0.625. The molecule has 0 fully saturated rings. The van der Waals surface area contributed by atoms with Crippen LogP contribution in [0.25, 0.3) is 0 Å². The third-order valence-corrected chi connectivity index (χ3v) is 1.77. The molecule has 1 rings (SSSR count). The molecule has 0 aromatic carbocycles. The summed E-state index contributed by atoms with van der Waals surface area (Å²) in [5, 5.41) is 8.95. The van der Waals surface area contributed by atoms with Crippen LogP contribution < -0.4 is 0 Å². The van der Waals surface area contributed by atoms with E-state index in [-0.39, 0.29) is 5.82 Å². The van der Waals surface area contributed by atoms with Crippen LogP contribution in [0.15, 0.2) is 12.4 Å². The monoisotopic (exact) mass is 208 g/mol. The summed E-state index contributed by atoms with van der Waals surface area (Å²) in [4.78, 5) is 3.49. The Balaban J connectivity index is 2.89. The number of alkyl halides is 3. The average Bonchev–Trinajstić information content (AvgIpc) is 2.50. The molecule has 14 heavy (non-hydrogen) atoms. The van der Waals surface area contributed by atoms with Crippen LogP contribution in [0.5, 0.6) is 0 Å². The number of hydrogen-bond acceptors (Lipinski definition) is 2. The van der Waals surface area contributed by atoms with Gasteiger partial charge in [0.15, 0.2) is 0 Å². The Morgan fingerprint density at radius 1 is 1.57 bits per heavy atom. The molecular formula is C8H11F3N2O. The minimum Gasteiger partial charge on any atom is -0.377 e. The van der Waals surface area contributed by atoms with Gasteiger partial charge in [0.05, 0.1) is 0 Å². The number of nitrogens with zero attached hydrogens (tertiary/aromatic N) is 2. The maximum Gasteiger partial charge on any atom is 0.421 e. The number of aryl methyl sites for hydroxylation is 1. The van der Waals surface area contributed by atoms with Crippen LogP contribution in [0, 0.1) is 0 Å². The molecule has 1 aromatic heterocycles. The fourth-order valence-electron chi connectivity index (χ4n) is 1.14. The second-order valence-corrected chi connectivity index (χ2v) is 2.92. The van der Waals surface area contributed by atoms with E-state index in [2.05, 4.69) is 4.98 Å². The number of hydrogen-bond donors (Lipinski definition) is 1. The topological polar surface area (TPSA) is 38.0 Å². The predicted molar refractivity (Wildman–Crippen MR) is 43.5 cm³/mol. The highest BCUT2D eigenvalue weighted by atomic mass is 19.4. The van der Waals surface area contributed by atoms with Gasteiger partial charge in [0.1, 0.15) is 5.82 Å². The van der Waals surface area contributed by atoms with E-state index in [1.54, 1.807) is 0 Å². The van der Waals surface area contributed by atoms with E-state index in [1.165, 1.54) is 17.0 Å². The van der Waals surface area contributed by atoms with Gasteiger partial charge in [0.25, 0.3) is 0 Å². The first-order valence-corrected chi connectivity index (χ1v) is 4.22. The number of halogens is 3. The van der Waals surface area contributed by atoms with E-state index in [0.717, 1.165) is 0 Å². The third kappa shape index (κ3) is 2.25. The predicted octanol–water partition coefficient (Wildman–Crippen LogP) is 1.89. The summed E-state index contributed by atoms with van der Waals surface area (Å²) >= 11 is 0. The summed E-state index contributed by atoms with van der Waals surface area (Å²) in [6, 6.07) is 0. The smallest absolute Gasteiger partial charge is 0.377 e. The van der Waals surface area contributed by atoms with Gasteiger partial charge in [-0.2, -0.15) is 13.2 Å². The Hall–Kier alpha value is -1.04. The number of aromatic nitrogens is 2. The van der Waals surface area contributed by atoms with Gasteiger partial charge < -0.3 is 9.67 Å². The Morgan fingerprint density at radius 3 is 2.71 bits per heavy atom. The van der Waals surface area contributed by atoms with Crippen molar-refractivity contribution >= 4 is 0 Å². The molecule has 80 valence electrons. The van der Waals surface area contributed by atoms with Crippen LogP contribution >= 0.6 is 0 Å². The van der Waals surface area contributed by atoms with Crippen LogP contribution in [-0.4, -0.2) is 20.8 Å². The first-order chi connectivity index (χ1) is 6.46. The molecule has 0 saturated heterocycles. The van der Waals surface area contributed by atoms with Crippen molar-refractivity contribution < 1.29 is 18.3 Å². The average molecular weight is 208 g/mol. The maximum atomic E-state index is 12.1. The summed E-state index contributed by atoms with van der Waals surface area (Å²) < 4.78 is 37.7. The first kappa shape index (κ1) is 11.0. The van der Waals surface area contributed by atoms with Gasteiger partial charge >= 0.3 is 6.18 Å². The summed E-state index contributed by atoms with van der Waals surface area (Å²) in [6.45, 7) is 2.26. The highest BCUT2D eigenvalue weighted by Gasteiger charge is 2.41. The standard InChI is InChI=1S/C8H11F3N2O/c1-2-4-13-5-3-12-7(13)6(14)8(9,10)11/h3,5-6,14H,2,4H2,1H3/t6-/m0/s1. The second-order valence-electron chi connectivity index (χ2n) is 2.92. The Labute approximate surface area is 79.2 Å². The molecule has 0 amide bonds. The van der Waals surface area contributed by atoms with Crippen molar-refractivity contribution in [1.29, 1.82) is 0 Å². The largest absolute Gasteiger partial charge is 0.421 e. The molecule has 0 aliphatic carbocycles. The minimum absolute atomic E-state index is 0.348. The van der Waals surface area contributed by atoms with Crippen molar-refractivity contribution in [2.24, 2.45) is 0 Å². The van der Waals surface area contributed by atoms with Gasteiger partial charge in [0.2, 0.25) is 6.10 Å². The first-order valence-electron chi connectivity index (χ1n) is 4.22. The lowest BCUT2D eigenvalue weighted by molar-refractivity contribution is -0.209. The second kappa shape index (κ2) is 4.00. The van der Waals surface area contributed by atoms with E-state index < -0.39 is 12.3 Å². The molecule has 0 aliphatic rings. The third-order valence-electron chi connectivity index (χ3n) is 1.77. The van der Waals surface area contributed by atoms with Gasteiger partial charge in [-0.05, 0) is 6.42 Å². The summed E-state index contributed by atoms with van der Waals surface area (Å²) in [7, 11) is 0. The highest BCUT2D eigenvalue weighted by molar-refractivity contribution is 4.99. The van der Waals surface area contributed by atoms with E-state index in [9.17, 15) is 13.2 Å². The van der Waals surface area contributed by atoms with Crippen LogP contribution in [0.1, 0.15) is 25.3 Å². The molecule has 1 aromatic rings. The van der Waals surface area contributed by atoms with Crippen molar-refractivity contribution in [2.75, 3.05) is 0 Å². The quantitative estimate of drug-likeness (QED) is 0.823. The van der Waals surface area contributed by atoms with Gasteiger partial charge in [-0.3, -0.25) is 0 Å².